The molecule has 0 radical (unpaired) electrons. The molecule has 88 valence electrons. The highest BCUT2D eigenvalue weighted by molar-refractivity contribution is 9.10. The molecule has 1 saturated carbocycles. The van der Waals surface area contributed by atoms with Crippen molar-refractivity contribution < 1.29 is 0 Å². The maximum absolute atomic E-state index is 3.65. The fraction of sp³-hybridized carbons (Fsp3) is 0.571. The van der Waals surface area contributed by atoms with Crippen LogP contribution in [-0.4, -0.2) is 6.04 Å². The Labute approximate surface area is 107 Å². The highest BCUT2D eigenvalue weighted by Crippen LogP contribution is 2.27. The molecule has 1 aliphatic carbocycles. The molecule has 0 heterocycles. The second-order valence-electron chi connectivity index (χ2n) is 5.12. The van der Waals surface area contributed by atoms with Gasteiger partial charge in [0.05, 0.1) is 0 Å². The number of nitrogens with one attached hydrogen (secondary N) is 1. The average molecular weight is 282 g/mol. The standard InChI is InChI=1S/C14H20BrN/c1-10-3-5-13(6-4-10)16-14-8-11(2)7-12(15)9-14/h7-10,13,16H,3-6H2,1-2H3. The first-order chi connectivity index (χ1) is 7.63. The minimum Gasteiger partial charge on any atom is -0.382 e. The van der Waals surface area contributed by atoms with E-state index in [1.807, 2.05) is 0 Å². The van der Waals surface area contributed by atoms with Crippen LogP contribution >= 0.6 is 15.9 Å². The lowest BCUT2D eigenvalue weighted by atomic mass is 9.87. The van der Waals surface area contributed by atoms with Gasteiger partial charge in [-0.25, -0.2) is 0 Å². The number of rotatable bonds is 2. The summed E-state index contributed by atoms with van der Waals surface area (Å²) in [6.07, 6.45) is 5.36. The third-order valence-electron chi connectivity index (χ3n) is 3.43. The Hall–Kier alpha value is -0.500. The van der Waals surface area contributed by atoms with Crippen molar-refractivity contribution in [1.82, 2.24) is 0 Å². The zero-order valence-electron chi connectivity index (χ0n) is 10.1. The second-order valence-corrected chi connectivity index (χ2v) is 6.03. The summed E-state index contributed by atoms with van der Waals surface area (Å²) in [5.41, 5.74) is 2.56. The lowest BCUT2D eigenvalue weighted by Crippen LogP contribution is -2.25. The minimum atomic E-state index is 0.671. The van der Waals surface area contributed by atoms with Crippen LogP contribution in [-0.2, 0) is 0 Å². The Balaban J connectivity index is 1.98. The van der Waals surface area contributed by atoms with Crippen molar-refractivity contribution in [3.63, 3.8) is 0 Å². The van der Waals surface area contributed by atoms with Crippen molar-refractivity contribution >= 4 is 21.6 Å². The second kappa shape index (κ2) is 5.22. The number of halogens is 1. The molecule has 1 N–H and O–H groups in total. The molecular weight excluding hydrogens is 262 g/mol. The first kappa shape index (κ1) is 12.0. The smallest absolute Gasteiger partial charge is 0.0356 e. The number of benzene rings is 1. The molecule has 1 aromatic rings. The Kier molecular flexibility index (Phi) is 3.91. The van der Waals surface area contributed by atoms with Crippen LogP contribution in [0, 0.1) is 12.8 Å². The van der Waals surface area contributed by atoms with Gasteiger partial charge in [0.15, 0.2) is 0 Å². The van der Waals surface area contributed by atoms with Gasteiger partial charge in [-0.2, -0.15) is 0 Å². The molecule has 0 spiro atoms. The monoisotopic (exact) mass is 281 g/mol. The fourth-order valence-electron chi connectivity index (χ4n) is 2.46. The predicted molar refractivity (Wildman–Crippen MR) is 73.9 cm³/mol. The number of aryl methyl sites for hydroxylation is 1. The van der Waals surface area contributed by atoms with Gasteiger partial charge >= 0.3 is 0 Å². The largest absolute Gasteiger partial charge is 0.382 e. The Morgan fingerprint density at radius 3 is 2.44 bits per heavy atom. The molecule has 2 rings (SSSR count). The quantitative estimate of drug-likeness (QED) is 0.825. The van der Waals surface area contributed by atoms with Crippen LogP contribution in [0.1, 0.15) is 38.2 Å². The number of hydrogen-bond donors (Lipinski definition) is 1. The first-order valence-electron chi connectivity index (χ1n) is 6.17. The minimum absolute atomic E-state index is 0.671. The van der Waals surface area contributed by atoms with Gasteiger partial charge in [0, 0.05) is 16.2 Å². The molecule has 16 heavy (non-hydrogen) atoms. The van der Waals surface area contributed by atoms with E-state index in [1.165, 1.54) is 41.4 Å². The van der Waals surface area contributed by atoms with E-state index in [4.69, 9.17) is 0 Å². The van der Waals surface area contributed by atoms with Crippen LogP contribution in [0.25, 0.3) is 0 Å². The lowest BCUT2D eigenvalue weighted by Gasteiger charge is -2.27. The number of anilines is 1. The van der Waals surface area contributed by atoms with E-state index in [2.05, 4.69) is 53.3 Å². The van der Waals surface area contributed by atoms with Crippen molar-refractivity contribution in [3.8, 4) is 0 Å². The normalized spacial score (nSPS) is 25.4. The molecule has 0 unspecified atom stereocenters. The molecule has 1 aromatic carbocycles. The maximum atomic E-state index is 3.65. The van der Waals surface area contributed by atoms with E-state index >= 15 is 0 Å². The van der Waals surface area contributed by atoms with E-state index < -0.39 is 0 Å². The summed E-state index contributed by atoms with van der Waals surface area (Å²) < 4.78 is 1.17. The fourth-order valence-corrected chi connectivity index (χ4v) is 3.07. The van der Waals surface area contributed by atoms with Crippen LogP contribution in [0.2, 0.25) is 0 Å². The van der Waals surface area contributed by atoms with Gasteiger partial charge in [-0.1, -0.05) is 22.9 Å². The summed E-state index contributed by atoms with van der Waals surface area (Å²) in [6, 6.07) is 7.21. The molecule has 1 fully saturated rings. The molecule has 0 aromatic heterocycles. The van der Waals surface area contributed by atoms with Gasteiger partial charge in [0.2, 0.25) is 0 Å². The van der Waals surface area contributed by atoms with Crippen molar-refractivity contribution in [3.05, 3.63) is 28.2 Å². The molecule has 0 bridgehead atoms. The Morgan fingerprint density at radius 1 is 1.12 bits per heavy atom. The van der Waals surface area contributed by atoms with Gasteiger partial charge in [-0.15, -0.1) is 0 Å². The van der Waals surface area contributed by atoms with Crippen LogP contribution < -0.4 is 5.32 Å². The van der Waals surface area contributed by atoms with Crippen molar-refractivity contribution in [2.45, 2.75) is 45.6 Å². The molecule has 0 saturated heterocycles. The van der Waals surface area contributed by atoms with Gasteiger partial charge in [0.1, 0.15) is 0 Å². The van der Waals surface area contributed by atoms with Crippen LogP contribution in [0.3, 0.4) is 0 Å². The molecule has 1 nitrogen and oxygen atoms in total. The van der Waals surface area contributed by atoms with E-state index in [0.29, 0.717) is 6.04 Å². The lowest BCUT2D eigenvalue weighted by molar-refractivity contribution is 0.361. The zero-order chi connectivity index (χ0) is 11.5. The summed E-state index contributed by atoms with van der Waals surface area (Å²) in [6.45, 7) is 4.50. The molecule has 0 aliphatic heterocycles. The number of hydrogen-bond acceptors (Lipinski definition) is 1. The van der Waals surface area contributed by atoms with Crippen LogP contribution in [0.5, 0.6) is 0 Å². The summed E-state index contributed by atoms with van der Waals surface area (Å²) in [5.74, 6) is 0.919. The van der Waals surface area contributed by atoms with Gasteiger partial charge < -0.3 is 5.32 Å². The summed E-state index contributed by atoms with van der Waals surface area (Å²) in [7, 11) is 0. The van der Waals surface area contributed by atoms with E-state index in [1.54, 1.807) is 0 Å². The SMILES string of the molecule is Cc1cc(Br)cc(NC2CCC(C)CC2)c1. The van der Waals surface area contributed by atoms with Crippen molar-refractivity contribution in [2.75, 3.05) is 5.32 Å². The van der Waals surface area contributed by atoms with Gasteiger partial charge in [0.25, 0.3) is 0 Å². The van der Waals surface area contributed by atoms with E-state index in [9.17, 15) is 0 Å². The molecule has 2 heteroatoms. The zero-order valence-corrected chi connectivity index (χ0v) is 11.7. The molecule has 0 atom stereocenters. The summed E-state index contributed by atoms with van der Waals surface area (Å²) in [4.78, 5) is 0. The average Bonchev–Trinajstić information content (AvgIpc) is 2.20. The summed E-state index contributed by atoms with van der Waals surface area (Å²) >= 11 is 3.55. The van der Waals surface area contributed by atoms with Crippen molar-refractivity contribution in [2.24, 2.45) is 5.92 Å². The molecule has 1 aliphatic rings. The third kappa shape index (κ3) is 3.24. The first-order valence-corrected chi connectivity index (χ1v) is 6.96. The predicted octanol–water partition coefficient (Wildman–Crippen LogP) is 4.75. The maximum Gasteiger partial charge on any atom is 0.0356 e. The highest BCUT2D eigenvalue weighted by atomic mass is 79.9. The summed E-state index contributed by atoms with van der Waals surface area (Å²) in [5, 5.41) is 3.65. The topological polar surface area (TPSA) is 12.0 Å². The van der Waals surface area contributed by atoms with E-state index in [0.717, 1.165) is 5.92 Å². The van der Waals surface area contributed by atoms with Crippen LogP contribution in [0.15, 0.2) is 22.7 Å². The van der Waals surface area contributed by atoms with E-state index in [-0.39, 0.29) is 0 Å². The highest BCUT2D eigenvalue weighted by Gasteiger charge is 2.17. The Morgan fingerprint density at radius 2 is 1.81 bits per heavy atom. The third-order valence-corrected chi connectivity index (χ3v) is 3.89. The van der Waals surface area contributed by atoms with Gasteiger partial charge in [-0.3, -0.25) is 0 Å². The molecular formula is C14H20BrN. The van der Waals surface area contributed by atoms with Gasteiger partial charge in [-0.05, 0) is 62.3 Å². The van der Waals surface area contributed by atoms with Crippen LogP contribution in [0.4, 0.5) is 5.69 Å². The van der Waals surface area contributed by atoms with Crippen molar-refractivity contribution in [1.29, 1.82) is 0 Å². The molecule has 0 amide bonds. The Bertz CT molecular complexity index is 334.